The first-order valence-electron chi connectivity index (χ1n) is 7.89. The number of thiophene rings is 1. The maximum atomic E-state index is 6.13. The van der Waals surface area contributed by atoms with Gasteiger partial charge in [-0.2, -0.15) is 0 Å². The van der Waals surface area contributed by atoms with Crippen LogP contribution >= 0.6 is 11.3 Å². The van der Waals surface area contributed by atoms with Gasteiger partial charge in [-0.1, -0.05) is 30.3 Å². The standard InChI is InChI=1S/C21H11NOS/c1-2-7-18-13(4-1)21-14-5-3-6-16-20(14)15(10-19(21)24-18)12-8-9-22-11-17(12)23-16/h1-11H. The van der Waals surface area contributed by atoms with E-state index >= 15 is 0 Å². The summed E-state index contributed by atoms with van der Waals surface area (Å²) in [5, 5.41) is 5.12. The number of nitrogens with zero attached hydrogens (tertiary/aromatic N) is 1. The lowest BCUT2D eigenvalue weighted by molar-refractivity contribution is 0.484. The lowest BCUT2D eigenvalue weighted by Gasteiger charge is -2.21. The van der Waals surface area contributed by atoms with E-state index in [9.17, 15) is 0 Å². The molecule has 3 aromatic carbocycles. The van der Waals surface area contributed by atoms with Gasteiger partial charge in [0.25, 0.3) is 0 Å². The van der Waals surface area contributed by atoms with Crippen LogP contribution in [0.5, 0.6) is 11.5 Å². The highest BCUT2D eigenvalue weighted by Crippen LogP contribution is 2.50. The molecule has 3 heteroatoms. The molecule has 112 valence electrons. The second-order valence-electron chi connectivity index (χ2n) is 6.05. The van der Waals surface area contributed by atoms with E-state index in [1.807, 2.05) is 29.7 Å². The molecule has 0 saturated carbocycles. The molecular weight excluding hydrogens is 314 g/mol. The third-order valence-electron chi connectivity index (χ3n) is 4.76. The van der Waals surface area contributed by atoms with E-state index in [4.69, 9.17) is 4.74 Å². The molecule has 0 spiro atoms. The van der Waals surface area contributed by atoms with Gasteiger partial charge in [-0.25, -0.2) is 0 Å². The molecular formula is C21H11NOS. The molecule has 0 aliphatic carbocycles. The Morgan fingerprint density at radius 3 is 2.67 bits per heavy atom. The lowest BCUT2D eigenvalue weighted by Crippen LogP contribution is -1.97. The summed E-state index contributed by atoms with van der Waals surface area (Å²) in [6.07, 6.45) is 3.63. The molecule has 0 amide bonds. The molecule has 1 aliphatic heterocycles. The minimum Gasteiger partial charge on any atom is -0.454 e. The van der Waals surface area contributed by atoms with E-state index in [0.29, 0.717) is 0 Å². The molecule has 0 unspecified atom stereocenters. The number of aromatic nitrogens is 1. The Morgan fingerprint density at radius 1 is 0.750 bits per heavy atom. The van der Waals surface area contributed by atoms with Gasteiger partial charge in [-0.3, -0.25) is 4.98 Å². The number of ether oxygens (including phenoxy) is 1. The van der Waals surface area contributed by atoms with Gasteiger partial charge in [-0.05, 0) is 35.2 Å². The van der Waals surface area contributed by atoms with E-state index in [0.717, 1.165) is 17.1 Å². The Morgan fingerprint density at radius 2 is 1.67 bits per heavy atom. The highest BCUT2D eigenvalue weighted by Gasteiger charge is 2.22. The molecule has 2 aromatic heterocycles. The van der Waals surface area contributed by atoms with E-state index in [1.54, 1.807) is 6.20 Å². The summed E-state index contributed by atoms with van der Waals surface area (Å²) in [6, 6.07) is 19.3. The second kappa shape index (κ2) is 4.34. The first kappa shape index (κ1) is 12.5. The predicted octanol–water partition coefficient (Wildman–Crippen LogP) is 6.38. The average molecular weight is 325 g/mol. The van der Waals surface area contributed by atoms with Crippen molar-refractivity contribution < 1.29 is 4.74 Å². The average Bonchev–Trinajstić information content (AvgIpc) is 3.00. The van der Waals surface area contributed by atoms with Crippen LogP contribution in [0.2, 0.25) is 0 Å². The quantitative estimate of drug-likeness (QED) is 0.323. The van der Waals surface area contributed by atoms with Crippen molar-refractivity contribution in [3.8, 4) is 22.6 Å². The fourth-order valence-corrected chi connectivity index (χ4v) is 4.93. The SMILES string of the molecule is c1ccc2c(c1)sc1cc3c4c(cccc4c12)Oc1cnccc1-3. The van der Waals surface area contributed by atoms with Gasteiger partial charge in [-0.15, -0.1) is 11.3 Å². The van der Waals surface area contributed by atoms with Crippen molar-refractivity contribution in [3.63, 3.8) is 0 Å². The number of hydrogen-bond donors (Lipinski definition) is 0. The van der Waals surface area contributed by atoms with Gasteiger partial charge >= 0.3 is 0 Å². The summed E-state index contributed by atoms with van der Waals surface area (Å²) >= 11 is 1.85. The smallest absolute Gasteiger partial charge is 0.153 e. The maximum Gasteiger partial charge on any atom is 0.153 e. The fourth-order valence-electron chi connectivity index (χ4n) is 3.76. The van der Waals surface area contributed by atoms with Crippen LogP contribution < -0.4 is 4.74 Å². The van der Waals surface area contributed by atoms with Crippen LogP contribution in [-0.2, 0) is 0 Å². The van der Waals surface area contributed by atoms with Gasteiger partial charge in [0.15, 0.2) is 5.75 Å². The first-order valence-corrected chi connectivity index (χ1v) is 8.71. The number of benzene rings is 3. The van der Waals surface area contributed by atoms with Crippen molar-refractivity contribution >= 4 is 42.3 Å². The van der Waals surface area contributed by atoms with Crippen molar-refractivity contribution in [2.24, 2.45) is 0 Å². The normalized spacial score (nSPS) is 12.5. The minimum atomic E-state index is 0.831. The van der Waals surface area contributed by atoms with E-state index in [-0.39, 0.29) is 0 Å². The van der Waals surface area contributed by atoms with Crippen LogP contribution in [0.25, 0.3) is 42.1 Å². The molecule has 1 aliphatic rings. The molecule has 0 saturated heterocycles. The zero-order valence-electron chi connectivity index (χ0n) is 12.6. The van der Waals surface area contributed by atoms with Crippen LogP contribution in [0, 0.1) is 0 Å². The lowest BCUT2D eigenvalue weighted by atomic mass is 9.93. The molecule has 0 N–H and O–H groups in total. The van der Waals surface area contributed by atoms with E-state index in [1.165, 1.54) is 36.5 Å². The Balaban J connectivity index is 1.91. The van der Waals surface area contributed by atoms with Crippen LogP contribution in [0.1, 0.15) is 0 Å². The molecule has 5 aromatic rings. The maximum absolute atomic E-state index is 6.13. The summed E-state index contributed by atoms with van der Waals surface area (Å²) < 4.78 is 8.77. The summed E-state index contributed by atoms with van der Waals surface area (Å²) in [4.78, 5) is 4.21. The Bertz CT molecular complexity index is 1290. The number of fused-ring (bicyclic) bond motifs is 6. The monoisotopic (exact) mass is 325 g/mol. The number of rotatable bonds is 0. The molecule has 3 heterocycles. The second-order valence-corrected chi connectivity index (χ2v) is 7.13. The van der Waals surface area contributed by atoms with Crippen molar-refractivity contribution in [2.75, 3.05) is 0 Å². The predicted molar refractivity (Wildman–Crippen MR) is 100 cm³/mol. The Labute approximate surface area is 142 Å². The Kier molecular flexibility index (Phi) is 2.26. The third-order valence-corrected chi connectivity index (χ3v) is 5.88. The van der Waals surface area contributed by atoms with Crippen molar-refractivity contribution in [2.45, 2.75) is 0 Å². The van der Waals surface area contributed by atoms with E-state index < -0.39 is 0 Å². The van der Waals surface area contributed by atoms with Crippen LogP contribution in [0.15, 0.2) is 67.0 Å². The number of hydrogen-bond acceptors (Lipinski definition) is 3. The van der Waals surface area contributed by atoms with Gasteiger partial charge in [0.05, 0.1) is 6.20 Å². The van der Waals surface area contributed by atoms with Gasteiger partial charge < -0.3 is 4.74 Å². The number of pyridine rings is 1. The molecule has 0 fully saturated rings. The van der Waals surface area contributed by atoms with Crippen molar-refractivity contribution in [3.05, 3.63) is 67.0 Å². The van der Waals surface area contributed by atoms with Crippen LogP contribution in [-0.4, -0.2) is 4.98 Å². The third kappa shape index (κ3) is 1.47. The molecule has 0 atom stereocenters. The Hall–Kier alpha value is -2.91. The summed E-state index contributed by atoms with van der Waals surface area (Å²) in [7, 11) is 0. The molecule has 0 radical (unpaired) electrons. The highest BCUT2D eigenvalue weighted by molar-refractivity contribution is 7.26. The summed E-state index contributed by atoms with van der Waals surface area (Å²) in [6.45, 7) is 0. The van der Waals surface area contributed by atoms with Gasteiger partial charge in [0.1, 0.15) is 5.75 Å². The summed E-state index contributed by atoms with van der Waals surface area (Å²) in [5.41, 5.74) is 2.36. The minimum absolute atomic E-state index is 0.831. The van der Waals surface area contributed by atoms with Crippen molar-refractivity contribution in [1.29, 1.82) is 0 Å². The topological polar surface area (TPSA) is 22.1 Å². The van der Waals surface area contributed by atoms with Gasteiger partial charge in [0.2, 0.25) is 0 Å². The van der Waals surface area contributed by atoms with Crippen LogP contribution in [0.3, 0.4) is 0 Å². The molecule has 24 heavy (non-hydrogen) atoms. The summed E-state index contributed by atoms with van der Waals surface area (Å²) in [5.74, 6) is 1.75. The van der Waals surface area contributed by atoms with Crippen LogP contribution in [0.4, 0.5) is 0 Å². The highest BCUT2D eigenvalue weighted by atomic mass is 32.1. The molecule has 6 rings (SSSR count). The molecule has 2 nitrogen and oxygen atoms in total. The van der Waals surface area contributed by atoms with Crippen molar-refractivity contribution in [1.82, 2.24) is 4.98 Å². The van der Waals surface area contributed by atoms with Gasteiger partial charge in [0, 0.05) is 37.3 Å². The zero-order valence-corrected chi connectivity index (χ0v) is 13.4. The largest absolute Gasteiger partial charge is 0.454 e. The zero-order chi connectivity index (χ0) is 15.7. The first-order chi connectivity index (χ1) is 11.9. The van der Waals surface area contributed by atoms with E-state index in [2.05, 4.69) is 47.4 Å². The fraction of sp³-hybridized carbons (Fsp3) is 0. The molecule has 0 bridgehead atoms.